The number of nitrogens with two attached hydrogens (primary N) is 1. The van der Waals surface area contributed by atoms with Crippen LogP contribution in [0.15, 0.2) is 28.8 Å². The fourth-order valence-corrected chi connectivity index (χ4v) is 0.814. The highest BCUT2D eigenvalue weighted by atomic mass is 14.8. The van der Waals surface area contributed by atoms with Gasteiger partial charge in [-0.15, -0.1) is 0 Å². The van der Waals surface area contributed by atoms with Gasteiger partial charge in [-0.1, -0.05) is 32.1 Å². The molecule has 0 atom stereocenters. The highest BCUT2D eigenvalue weighted by Gasteiger charge is 1.89. The molecule has 0 fully saturated rings. The van der Waals surface area contributed by atoms with Gasteiger partial charge in [-0.3, -0.25) is 4.99 Å². The number of hydrogen-bond donors (Lipinski definition) is 1. The van der Waals surface area contributed by atoms with E-state index >= 15 is 0 Å². The molecule has 0 aromatic carbocycles. The molecule has 0 aliphatic heterocycles. The lowest BCUT2D eigenvalue weighted by atomic mass is 10.2. The van der Waals surface area contributed by atoms with Crippen LogP contribution < -0.4 is 5.73 Å². The molecule has 0 radical (unpaired) electrons. The molecule has 13 heavy (non-hydrogen) atoms. The second kappa shape index (κ2) is 7.59. The van der Waals surface area contributed by atoms with Crippen molar-refractivity contribution in [1.29, 1.82) is 0 Å². The predicted octanol–water partition coefficient (Wildman–Crippen LogP) is 2.67. The Bertz CT molecular complexity index is 212. The van der Waals surface area contributed by atoms with Crippen molar-refractivity contribution >= 4 is 5.84 Å². The zero-order valence-corrected chi connectivity index (χ0v) is 8.88. The number of hydrogen-bond acceptors (Lipinski definition) is 1. The van der Waals surface area contributed by atoms with Crippen LogP contribution >= 0.6 is 0 Å². The van der Waals surface area contributed by atoms with E-state index in [0.717, 1.165) is 18.7 Å². The third-order valence-electron chi connectivity index (χ3n) is 1.77. The van der Waals surface area contributed by atoms with Gasteiger partial charge in [0.25, 0.3) is 0 Å². The van der Waals surface area contributed by atoms with Crippen LogP contribution in [0.5, 0.6) is 0 Å². The van der Waals surface area contributed by atoms with Gasteiger partial charge in [-0.2, -0.15) is 0 Å². The van der Waals surface area contributed by atoms with Gasteiger partial charge in [0.1, 0.15) is 0 Å². The van der Waals surface area contributed by atoms with Gasteiger partial charge in [0.15, 0.2) is 0 Å². The molecule has 0 amide bonds. The number of allylic oxidation sites excluding steroid dienone is 2. The quantitative estimate of drug-likeness (QED) is 0.394. The van der Waals surface area contributed by atoms with Gasteiger partial charge in [-0.25, -0.2) is 0 Å². The summed E-state index contributed by atoms with van der Waals surface area (Å²) in [5.74, 6) is 0.726. The number of aliphatic imine (C=N–C) groups is 1. The van der Waals surface area contributed by atoms with Crippen molar-refractivity contribution < 1.29 is 0 Å². The van der Waals surface area contributed by atoms with Crippen molar-refractivity contribution in [2.75, 3.05) is 6.54 Å². The van der Waals surface area contributed by atoms with Crippen molar-refractivity contribution in [3.8, 4) is 0 Å². The largest absolute Gasteiger partial charge is 0.387 e. The molecule has 74 valence electrons. The monoisotopic (exact) mass is 180 g/mol. The molecule has 0 rings (SSSR count). The molecule has 0 unspecified atom stereocenters. The Labute approximate surface area is 81.2 Å². The molecule has 0 aromatic rings. The van der Waals surface area contributed by atoms with Crippen LogP contribution in [0.2, 0.25) is 0 Å². The predicted molar refractivity (Wildman–Crippen MR) is 60.0 cm³/mol. The number of rotatable bonds is 5. The molecule has 0 aliphatic rings. The Morgan fingerprint density at radius 3 is 2.54 bits per heavy atom. The van der Waals surface area contributed by atoms with E-state index in [-0.39, 0.29) is 0 Å². The molecule has 0 heterocycles. The average Bonchev–Trinajstić information content (AvgIpc) is 2.17. The minimum atomic E-state index is 0.701. The van der Waals surface area contributed by atoms with Crippen LogP contribution in [0.4, 0.5) is 0 Å². The molecule has 0 spiro atoms. The summed E-state index contributed by atoms with van der Waals surface area (Å²) in [5.41, 5.74) is 6.82. The van der Waals surface area contributed by atoms with E-state index in [9.17, 15) is 0 Å². The molecular formula is C11H20N2. The minimum absolute atomic E-state index is 0.701. The van der Waals surface area contributed by atoms with Gasteiger partial charge in [-0.05, 0) is 18.9 Å². The molecular weight excluding hydrogens is 160 g/mol. The lowest BCUT2D eigenvalue weighted by Crippen LogP contribution is -2.10. The molecule has 0 bridgehead atoms. The molecule has 0 aromatic heterocycles. The maximum atomic E-state index is 5.60. The summed E-state index contributed by atoms with van der Waals surface area (Å²) in [7, 11) is 0. The molecule has 2 heteroatoms. The van der Waals surface area contributed by atoms with E-state index < -0.39 is 0 Å². The minimum Gasteiger partial charge on any atom is -0.387 e. The Hall–Kier alpha value is -1.05. The fraction of sp³-hybridized carbons (Fsp3) is 0.545. The summed E-state index contributed by atoms with van der Waals surface area (Å²) < 4.78 is 0. The third-order valence-corrected chi connectivity index (χ3v) is 1.77. The molecule has 0 saturated carbocycles. The first kappa shape index (κ1) is 11.9. The third kappa shape index (κ3) is 6.14. The summed E-state index contributed by atoms with van der Waals surface area (Å²) in [4.78, 5) is 4.24. The fourth-order valence-electron chi connectivity index (χ4n) is 0.814. The number of amidine groups is 1. The Balaban J connectivity index is 4.08. The maximum Gasteiger partial charge on any atom is 0.0938 e. The lowest BCUT2D eigenvalue weighted by Gasteiger charge is -1.98. The van der Waals surface area contributed by atoms with Crippen molar-refractivity contribution in [3.05, 3.63) is 23.8 Å². The van der Waals surface area contributed by atoms with Crippen molar-refractivity contribution in [1.82, 2.24) is 0 Å². The highest BCUT2D eigenvalue weighted by molar-refractivity contribution is 5.80. The Morgan fingerprint density at radius 2 is 2.08 bits per heavy atom. The van der Waals surface area contributed by atoms with Crippen LogP contribution in [0.3, 0.4) is 0 Å². The van der Waals surface area contributed by atoms with Gasteiger partial charge in [0.05, 0.1) is 12.4 Å². The SMILES string of the molecule is CC=C(C=CCC)CN=C(N)CC. The van der Waals surface area contributed by atoms with Crippen molar-refractivity contribution in [3.63, 3.8) is 0 Å². The first-order valence-electron chi connectivity index (χ1n) is 4.85. The van der Waals surface area contributed by atoms with Gasteiger partial charge in [0, 0.05) is 6.42 Å². The zero-order valence-electron chi connectivity index (χ0n) is 8.88. The smallest absolute Gasteiger partial charge is 0.0938 e. The van der Waals surface area contributed by atoms with E-state index in [1.807, 2.05) is 13.8 Å². The van der Waals surface area contributed by atoms with E-state index in [0.29, 0.717) is 6.54 Å². The van der Waals surface area contributed by atoms with E-state index in [2.05, 4.69) is 30.1 Å². The summed E-state index contributed by atoms with van der Waals surface area (Å²) in [6.45, 7) is 6.85. The van der Waals surface area contributed by atoms with Crippen LogP contribution in [0.25, 0.3) is 0 Å². The first-order valence-corrected chi connectivity index (χ1v) is 4.85. The Kier molecular flexibility index (Phi) is 6.98. The molecule has 0 saturated heterocycles. The van der Waals surface area contributed by atoms with Gasteiger partial charge >= 0.3 is 0 Å². The number of nitrogens with zero attached hydrogens (tertiary/aromatic N) is 1. The van der Waals surface area contributed by atoms with Crippen LogP contribution in [-0.2, 0) is 0 Å². The van der Waals surface area contributed by atoms with Crippen molar-refractivity contribution in [2.45, 2.75) is 33.6 Å². The summed E-state index contributed by atoms with van der Waals surface area (Å²) in [6, 6.07) is 0. The van der Waals surface area contributed by atoms with Crippen LogP contribution in [0, 0.1) is 0 Å². The van der Waals surface area contributed by atoms with E-state index in [1.54, 1.807) is 0 Å². The average molecular weight is 180 g/mol. The van der Waals surface area contributed by atoms with Gasteiger partial charge in [0.2, 0.25) is 0 Å². The molecule has 2 N–H and O–H groups in total. The van der Waals surface area contributed by atoms with E-state index in [4.69, 9.17) is 5.73 Å². The second-order valence-corrected chi connectivity index (χ2v) is 2.84. The van der Waals surface area contributed by atoms with Crippen molar-refractivity contribution in [2.24, 2.45) is 10.7 Å². The zero-order chi connectivity index (χ0) is 10.1. The second-order valence-electron chi connectivity index (χ2n) is 2.84. The molecule has 0 aliphatic carbocycles. The lowest BCUT2D eigenvalue weighted by molar-refractivity contribution is 1.11. The topological polar surface area (TPSA) is 38.4 Å². The summed E-state index contributed by atoms with van der Waals surface area (Å²) in [6.07, 6.45) is 8.19. The summed E-state index contributed by atoms with van der Waals surface area (Å²) in [5, 5.41) is 0. The summed E-state index contributed by atoms with van der Waals surface area (Å²) >= 11 is 0. The Morgan fingerprint density at radius 1 is 1.38 bits per heavy atom. The first-order chi connectivity index (χ1) is 6.24. The molecule has 2 nitrogen and oxygen atoms in total. The maximum absolute atomic E-state index is 5.60. The normalized spacial score (nSPS) is 14.1. The van der Waals surface area contributed by atoms with Gasteiger partial charge < -0.3 is 5.73 Å². The highest BCUT2D eigenvalue weighted by Crippen LogP contribution is 1.99. The van der Waals surface area contributed by atoms with E-state index in [1.165, 1.54) is 5.57 Å². The van der Waals surface area contributed by atoms with Crippen LogP contribution in [-0.4, -0.2) is 12.4 Å². The van der Waals surface area contributed by atoms with Crippen LogP contribution in [0.1, 0.15) is 33.6 Å². The standard InChI is InChI=1S/C11H20N2/c1-4-7-8-10(5-2)9-13-11(12)6-3/h5,7-8H,4,6,9H2,1-3H3,(H2,12,13).